The first-order valence-electron chi connectivity index (χ1n) is 8.60. The van der Waals surface area contributed by atoms with E-state index in [9.17, 15) is 4.79 Å². The molecular weight excluding hydrogens is 286 g/mol. The van der Waals surface area contributed by atoms with E-state index in [0.717, 1.165) is 5.82 Å². The molecular formula is C19H25N3O. The lowest BCUT2D eigenvalue weighted by molar-refractivity contribution is 0.102. The Balaban J connectivity index is 1.69. The van der Waals surface area contributed by atoms with E-state index in [2.05, 4.69) is 22.5 Å². The van der Waals surface area contributed by atoms with Crippen LogP contribution in [-0.2, 0) is 0 Å². The Morgan fingerprint density at radius 2 is 1.83 bits per heavy atom. The number of aromatic nitrogens is 2. The fourth-order valence-electron chi connectivity index (χ4n) is 3.36. The molecule has 2 aromatic rings. The van der Waals surface area contributed by atoms with Crippen molar-refractivity contribution in [2.24, 2.45) is 0 Å². The van der Waals surface area contributed by atoms with E-state index in [-0.39, 0.29) is 11.9 Å². The molecule has 4 nitrogen and oxygen atoms in total. The third-order valence-corrected chi connectivity index (χ3v) is 4.65. The number of nitrogens with zero attached hydrogens (tertiary/aromatic N) is 2. The van der Waals surface area contributed by atoms with Crippen LogP contribution in [0.4, 0.5) is 5.82 Å². The molecule has 0 atom stereocenters. The first-order valence-corrected chi connectivity index (χ1v) is 8.60. The quantitative estimate of drug-likeness (QED) is 0.884. The minimum atomic E-state index is -0.0809. The molecule has 0 aliphatic heterocycles. The number of benzene rings is 1. The predicted molar refractivity (Wildman–Crippen MR) is 92.8 cm³/mol. The van der Waals surface area contributed by atoms with Gasteiger partial charge in [-0.25, -0.2) is 4.68 Å². The maximum Gasteiger partial charge on any atom is 0.256 e. The number of amides is 1. The van der Waals surface area contributed by atoms with Crippen molar-refractivity contribution >= 4 is 11.7 Å². The van der Waals surface area contributed by atoms with Crippen LogP contribution in [0.5, 0.6) is 0 Å². The molecule has 0 unspecified atom stereocenters. The third-order valence-electron chi connectivity index (χ3n) is 4.65. The lowest BCUT2D eigenvalue weighted by atomic mass is 9.84. The highest BCUT2D eigenvalue weighted by atomic mass is 16.1. The Morgan fingerprint density at radius 3 is 2.48 bits per heavy atom. The van der Waals surface area contributed by atoms with Gasteiger partial charge in [0.2, 0.25) is 0 Å². The molecule has 0 radical (unpaired) electrons. The van der Waals surface area contributed by atoms with Gasteiger partial charge in [-0.2, -0.15) is 5.10 Å². The summed E-state index contributed by atoms with van der Waals surface area (Å²) in [6.07, 6.45) is 8.28. The van der Waals surface area contributed by atoms with Crippen LogP contribution in [0.1, 0.15) is 73.8 Å². The van der Waals surface area contributed by atoms with Gasteiger partial charge in [-0.05, 0) is 50.3 Å². The second kappa shape index (κ2) is 6.99. The van der Waals surface area contributed by atoms with E-state index >= 15 is 0 Å². The summed E-state index contributed by atoms with van der Waals surface area (Å²) >= 11 is 0. The van der Waals surface area contributed by atoms with E-state index in [0.29, 0.717) is 11.5 Å². The van der Waals surface area contributed by atoms with E-state index in [1.165, 1.54) is 37.7 Å². The molecule has 4 heteroatoms. The van der Waals surface area contributed by atoms with Gasteiger partial charge in [0.15, 0.2) is 0 Å². The standard InChI is InChI=1S/C19H25N3O/c1-14(2)22-18(12-13-20-22)21-19(23)17-10-8-16(9-11-17)15-6-4-3-5-7-15/h8-15H,3-7H2,1-2H3,(H,21,23). The molecule has 1 aliphatic carbocycles. The summed E-state index contributed by atoms with van der Waals surface area (Å²) in [6, 6.07) is 10.2. The van der Waals surface area contributed by atoms with Gasteiger partial charge in [-0.15, -0.1) is 0 Å². The fraction of sp³-hybridized carbons (Fsp3) is 0.474. The van der Waals surface area contributed by atoms with Crippen molar-refractivity contribution in [3.63, 3.8) is 0 Å². The maximum absolute atomic E-state index is 12.4. The minimum Gasteiger partial charge on any atom is -0.307 e. The van der Waals surface area contributed by atoms with Gasteiger partial charge in [0.1, 0.15) is 5.82 Å². The van der Waals surface area contributed by atoms with Crippen molar-refractivity contribution in [3.05, 3.63) is 47.7 Å². The average molecular weight is 311 g/mol. The Morgan fingerprint density at radius 1 is 1.13 bits per heavy atom. The number of hydrogen-bond acceptors (Lipinski definition) is 2. The van der Waals surface area contributed by atoms with Crippen molar-refractivity contribution in [3.8, 4) is 0 Å². The summed E-state index contributed by atoms with van der Waals surface area (Å²) < 4.78 is 1.81. The molecule has 1 fully saturated rings. The fourth-order valence-corrected chi connectivity index (χ4v) is 3.36. The zero-order valence-corrected chi connectivity index (χ0v) is 14.0. The number of nitrogens with one attached hydrogen (secondary N) is 1. The summed E-state index contributed by atoms with van der Waals surface area (Å²) in [6.45, 7) is 4.09. The largest absolute Gasteiger partial charge is 0.307 e. The highest BCUT2D eigenvalue weighted by molar-refractivity contribution is 6.03. The van der Waals surface area contributed by atoms with Gasteiger partial charge in [0.25, 0.3) is 5.91 Å². The van der Waals surface area contributed by atoms with E-state index in [1.54, 1.807) is 6.20 Å². The van der Waals surface area contributed by atoms with Gasteiger partial charge < -0.3 is 5.32 Å². The zero-order valence-electron chi connectivity index (χ0n) is 14.0. The monoisotopic (exact) mass is 311 g/mol. The normalized spacial score (nSPS) is 15.8. The van der Waals surface area contributed by atoms with Crippen molar-refractivity contribution in [2.45, 2.75) is 57.9 Å². The first-order chi connectivity index (χ1) is 11.1. The van der Waals surface area contributed by atoms with Crippen molar-refractivity contribution in [2.75, 3.05) is 5.32 Å². The molecule has 1 saturated carbocycles. The van der Waals surface area contributed by atoms with Gasteiger partial charge in [0, 0.05) is 17.7 Å². The lowest BCUT2D eigenvalue weighted by Crippen LogP contribution is -2.16. The smallest absolute Gasteiger partial charge is 0.256 e. The second-order valence-corrected chi connectivity index (χ2v) is 6.67. The van der Waals surface area contributed by atoms with Crippen LogP contribution in [0.2, 0.25) is 0 Å². The second-order valence-electron chi connectivity index (χ2n) is 6.67. The van der Waals surface area contributed by atoms with Crippen LogP contribution in [-0.4, -0.2) is 15.7 Å². The van der Waals surface area contributed by atoms with Crippen LogP contribution in [0.15, 0.2) is 36.5 Å². The highest BCUT2D eigenvalue weighted by Gasteiger charge is 2.16. The summed E-state index contributed by atoms with van der Waals surface area (Å²) in [5, 5.41) is 7.19. The molecule has 23 heavy (non-hydrogen) atoms. The topological polar surface area (TPSA) is 46.9 Å². The van der Waals surface area contributed by atoms with Gasteiger partial charge in [0.05, 0.1) is 6.20 Å². The van der Waals surface area contributed by atoms with Crippen LogP contribution in [0.3, 0.4) is 0 Å². The van der Waals surface area contributed by atoms with Gasteiger partial charge >= 0.3 is 0 Å². The maximum atomic E-state index is 12.4. The zero-order chi connectivity index (χ0) is 16.2. The van der Waals surface area contributed by atoms with Crippen molar-refractivity contribution < 1.29 is 4.79 Å². The van der Waals surface area contributed by atoms with E-state index < -0.39 is 0 Å². The highest BCUT2D eigenvalue weighted by Crippen LogP contribution is 2.32. The Labute approximate surface area is 137 Å². The molecule has 3 rings (SSSR count). The van der Waals surface area contributed by atoms with Crippen LogP contribution in [0, 0.1) is 0 Å². The average Bonchev–Trinajstić information content (AvgIpc) is 3.04. The molecule has 1 aromatic carbocycles. The molecule has 0 bridgehead atoms. The van der Waals surface area contributed by atoms with Crippen LogP contribution >= 0.6 is 0 Å². The summed E-state index contributed by atoms with van der Waals surface area (Å²) in [5.74, 6) is 1.33. The third kappa shape index (κ3) is 3.63. The number of rotatable bonds is 4. The summed E-state index contributed by atoms with van der Waals surface area (Å²) in [4.78, 5) is 12.4. The van der Waals surface area contributed by atoms with Crippen LogP contribution in [0.25, 0.3) is 0 Å². The number of anilines is 1. The number of hydrogen-bond donors (Lipinski definition) is 1. The molecule has 1 aromatic heterocycles. The minimum absolute atomic E-state index is 0.0809. The molecule has 1 heterocycles. The van der Waals surface area contributed by atoms with Crippen molar-refractivity contribution in [1.82, 2.24) is 9.78 Å². The first kappa shape index (κ1) is 15.8. The molecule has 1 amide bonds. The van der Waals surface area contributed by atoms with E-state index in [1.807, 2.05) is 36.7 Å². The Hall–Kier alpha value is -2.10. The lowest BCUT2D eigenvalue weighted by Gasteiger charge is -2.22. The summed E-state index contributed by atoms with van der Waals surface area (Å²) in [5.41, 5.74) is 2.06. The summed E-state index contributed by atoms with van der Waals surface area (Å²) in [7, 11) is 0. The molecule has 0 spiro atoms. The van der Waals surface area contributed by atoms with Crippen LogP contribution < -0.4 is 5.32 Å². The SMILES string of the molecule is CC(C)n1nccc1NC(=O)c1ccc(C2CCCCC2)cc1. The molecule has 1 aliphatic rings. The van der Waals surface area contributed by atoms with E-state index in [4.69, 9.17) is 0 Å². The number of carbonyl (C=O) groups is 1. The van der Waals surface area contributed by atoms with Gasteiger partial charge in [-0.1, -0.05) is 31.4 Å². The molecule has 0 saturated heterocycles. The molecule has 122 valence electrons. The Bertz CT molecular complexity index is 652. The van der Waals surface area contributed by atoms with Gasteiger partial charge in [-0.3, -0.25) is 4.79 Å². The Kier molecular flexibility index (Phi) is 4.79. The van der Waals surface area contributed by atoms with Crippen molar-refractivity contribution in [1.29, 1.82) is 0 Å². The predicted octanol–water partition coefficient (Wildman–Crippen LogP) is 4.76. The molecule has 1 N–H and O–H groups in total. The number of carbonyl (C=O) groups excluding carboxylic acids is 1.